The quantitative estimate of drug-likeness (QED) is 0.771. The van der Waals surface area contributed by atoms with Crippen LogP contribution in [0.4, 0.5) is 0 Å². The molecule has 0 heterocycles. The molecule has 0 fully saturated rings. The molecular weight excluding hydrogens is 386 g/mol. The molecule has 7 heteroatoms. The maximum absolute atomic E-state index is 12.2. The zero-order valence-electron chi connectivity index (χ0n) is 9.86. The second-order valence-electron chi connectivity index (χ2n) is 3.96. The lowest BCUT2D eigenvalue weighted by molar-refractivity contribution is 0.279. The lowest BCUT2D eigenvalue weighted by Gasteiger charge is -2.14. The van der Waals surface area contributed by atoms with Crippen molar-refractivity contribution < 1.29 is 13.5 Å². The minimum absolute atomic E-state index is 0.0621. The van der Waals surface area contributed by atoms with Gasteiger partial charge in [0.05, 0.1) is 4.90 Å². The summed E-state index contributed by atoms with van der Waals surface area (Å²) < 4.78 is 28.1. The van der Waals surface area contributed by atoms with E-state index in [9.17, 15) is 8.42 Å². The molecule has 0 aliphatic rings. The first-order valence-corrected chi connectivity index (χ1v) is 8.52. The third-order valence-electron chi connectivity index (χ3n) is 2.33. The molecule has 4 nitrogen and oxygen atoms in total. The lowest BCUT2D eigenvalue weighted by atomic mass is 10.2. The highest BCUT2D eigenvalue weighted by atomic mass is 79.9. The Morgan fingerprint density at radius 1 is 1.39 bits per heavy atom. The monoisotopic (exact) mass is 399 g/mol. The van der Waals surface area contributed by atoms with Crippen LogP contribution in [0.5, 0.6) is 0 Å². The lowest BCUT2D eigenvalue weighted by Crippen LogP contribution is -2.32. The fourth-order valence-corrected chi connectivity index (χ4v) is 4.25. The number of nitrogens with one attached hydrogen (secondary N) is 1. The fourth-order valence-electron chi connectivity index (χ4n) is 1.47. The summed E-state index contributed by atoms with van der Waals surface area (Å²) in [6, 6.07) is 4.77. The van der Waals surface area contributed by atoms with Gasteiger partial charge in [-0.2, -0.15) is 0 Å². The molecule has 0 spiro atoms. The van der Waals surface area contributed by atoms with Gasteiger partial charge >= 0.3 is 0 Å². The van der Waals surface area contributed by atoms with E-state index in [-0.39, 0.29) is 17.5 Å². The molecule has 0 saturated carbocycles. The van der Waals surface area contributed by atoms with E-state index < -0.39 is 10.0 Å². The first-order valence-electron chi connectivity index (χ1n) is 5.45. The number of sulfonamides is 1. The summed E-state index contributed by atoms with van der Waals surface area (Å²) in [4.78, 5) is 0.202. The Labute approximate surface area is 124 Å². The van der Waals surface area contributed by atoms with Crippen molar-refractivity contribution in [1.82, 2.24) is 4.72 Å². The number of rotatable bonds is 6. The van der Waals surface area contributed by atoms with Crippen molar-refractivity contribution in [1.29, 1.82) is 0 Å². The van der Waals surface area contributed by atoms with Crippen LogP contribution in [-0.2, 0) is 10.0 Å². The summed E-state index contributed by atoms with van der Waals surface area (Å²) in [6.07, 6.45) is 1.17. The molecule has 102 valence electrons. The van der Waals surface area contributed by atoms with Crippen LogP contribution in [0.1, 0.15) is 19.8 Å². The third kappa shape index (κ3) is 4.62. The molecule has 0 amide bonds. The second-order valence-corrected chi connectivity index (χ2v) is 7.42. The van der Waals surface area contributed by atoms with E-state index in [1.165, 1.54) is 0 Å². The Kier molecular flexibility index (Phi) is 6.26. The molecule has 0 aromatic heterocycles. The van der Waals surface area contributed by atoms with E-state index in [2.05, 4.69) is 36.6 Å². The van der Waals surface area contributed by atoms with Crippen molar-refractivity contribution in [3.05, 3.63) is 27.1 Å². The molecule has 18 heavy (non-hydrogen) atoms. The SMILES string of the molecule is CC(CCCO)NS(=O)(=O)c1cc(Br)ccc1Br. The predicted molar refractivity (Wildman–Crippen MR) is 77.9 cm³/mol. The van der Waals surface area contributed by atoms with Gasteiger partial charge in [-0.3, -0.25) is 0 Å². The van der Waals surface area contributed by atoms with E-state index >= 15 is 0 Å². The molecule has 0 radical (unpaired) electrons. The normalized spacial score (nSPS) is 13.6. The van der Waals surface area contributed by atoms with E-state index in [1.54, 1.807) is 25.1 Å². The molecule has 1 aromatic carbocycles. The molecule has 2 N–H and O–H groups in total. The van der Waals surface area contributed by atoms with Gasteiger partial charge < -0.3 is 5.11 Å². The van der Waals surface area contributed by atoms with Gasteiger partial charge in [-0.25, -0.2) is 13.1 Å². The average Bonchev–Trinajstić information content (AvgIpc) is 2.29. The first kappa shape index (κ1) is 16.1. The van der Waals surface area contributed by atoms with Gasteiger partial charge in [0.25, 0.3) is 0 Å². The number of aliphatic hydroxyl groups is 1. The molecule has 1 atom stereocenters. The smallest absolute Gasteiger partial charge is 0.241 e. The van der Waals surface area contributed by atoms with E-state index in [4.69, 9.17) is 5.11 Å². The Morgan fingerprint density at radius 3 is 2.67 bits per heavy atom. The van der Waals surface area contributed by atoms with Crippen molar-refractivity contribution in [2.24, 2.45) is 0 Å². The van der Waals surface area contributed by atoms with Crippen LogP contribution in [0, 0.1) is 0 Å². The number of hydrogen-bond donors (Lipinski definition) is 2. The van der Waals surface area contributed by atoms with E-state index in [1.807, 2.05) is 0 Å². The highest BCUT2D eigenvalue weighted by Gasteiger charge is 2.20. The van der Waals surface area contributed by atoms with Crippen LogP contribution in [0.2, 0.25) is 0 Å². The van der Waals surface area contributed by atoms with E-state index in [0.29, 0.717) is 21.8 Å². The Hall–Kier alpha value is 0.0500. The van der Waals surface area contributed by atoms with Crippen LogP contribution in [0.25, 0.3) is 0 Å². The van der Waals surface area contributed by atoms with Gasteiger partial charge in [-0.15, -0.1) is 0 Å². The summed E-state index contributed by atoms with van der Waals surface area (Å²) in [5.41, 5.74) is 0. The van der Waals surface area contributed by atoms with Crippen molar-refractivity contribution in [3.8, 4) is 0 Å². The van der Waals surface area contributed by atoms with Crippen LogP contribution in [-0.4, -0.2) is 26.2 Å². The minimum atomic E-state index is -3.55. The molecular formula is C11H15Br2NO3S. The van der Waals surface area contributed by atoms with Gasteiger partial charge in [-0.1, -0.05) is 15.9 Å². The van der Waals surface area contributed by atoms with Crippen LogP contribution in [0.15, 0.2) is 32.0 Å². The fraction of sp³-hybridized carbons (Fsp3) is 0.455. The second kappa shape index (κ2) is 7.00. The van der Waals surface area contributed by atoms with Gasteiger partial charge in [0.1, 0.15) is 0 Å². The molecule has 1 aromatic rings. The number of benzene rings is 1. The molecule has 0 aliphatic heterocycles. The zero-order valence-corrected chi connectivity index (χ0v) is 13.8. The molecule has 0 aliphatic carbocycles. The van der Waals surface area contributed by atoms with Gasteiger partial charge in [0, 0.05) is 21.6 Å². The van der Waals surface area contributed by atoms with Crippen LogP contribution >= 0.6 is 31.9 Å². The number of hydrogen-bond acceptors (Lipinski definition) is 3. The summed E-state index contributed by atoms with van der Waals surface area (Å²) in [7, 11) is -3.55. The Morgan fingerprint density at radius 2 is 2.06 bits per heavy atom. The average molecular weight is 401 g/mol. The topological polar surface area (TPSA) is 66.4 Å². The van der Waals surface area contributed by atoms with Crippen LogP contribution in [0.3, 0.4) is 0 Å². The van der Waals surface area contributed by atoms with Crippen LogP contribution < -0.4 is 4.72 Å². The maximum Gasteiger partial charge on any atom is 0.241 e. The van der Waals surface area contributed by atoms with Gasteiger partial charge in [-0.05, 0) is 53.9 Å². The number of halogens is 2. The Bertz CT molecular complexity index is 505. The van der Waals surface area contributed by atoms with Crippen molar-refractivity contribution >= 4 is 41.9 Å². The van der Waals surface area contributed by atoms with Crippen molar-refractivity contribution in [2.75, 3.05) is 6.61 Å². The summed E-state index contributed by atoms with van der Waals surface area (Å²) in [6.45, 7) is 1.84. The summed E-state index contributed by atoms with van der Waals surface area (Å²) in [5, 5.41) is 8.72. The predicted octanol–water partition coefficient (Wildman–Crippen LogP) is 2.65. The minimum Gasteiger partial charge on any atom is -0.396 e. The first-order chi connectivity index (χ1) is 8.36. The summed E-state index contributed by atoms with van der Waals surface area (Å²) >= 11 is 6.48. The maximum atomic E-state index is 12.2. The molecule has 1 rings (SSSR count). The van der Waals surface area contributed by atoms with Crippen molar-refractivity contribution in [3.63, 3.8) is 0 Å². The Balaban J connectivity index is 2.89. The van der Waals surface area contributed by atoms with Gasteiger partial charge in [0.2, 0.25) is 10.0 Å². The van der Waals surface area contributed by atoms with E-state index in [0.717, 1.165) is 0 Å². The molecule has 0 bridgehead atoms. The highest BCUT2D eigenvalue weighted by molar-refractivity contribution is 9.11. The zero-order chi connectivity index (χ0) is 13.8. The molecule has 1 unspecified atom stereocenters. The third-order valence-corrected chi connectivity index (χ3v) is 5.41. The number of aliphatic hydroxyl groups excluding tert-OH is 1. The standard InChI is InChI=1S/C11H15Br2NO3S/c1-8(3-2-6-15)14-18(16,17)11-7-9(12)4-5-10(11)13/h4-5,7-8,14-15H,2-3,6H2,1H3. The summed E-state index contributed by atoms with van der Waals surface area (Å²) in [5.74, 6) is 0. The highest BCUT2D eigenvalue weighted by Crippen LogP contribution is 2.25. The van der Waals surface area contributed by atoms with Crippen molar-refractivity contribution in [2.45, 2.75) is 30.7 Å². The molecule has 0 saturated heterocycles. The largest absolute Gasteiger partial charge is 0.396 e. The van der Waals surface area contributed by atoms with Gasteiger partial charge in [0.15, 0.2) is 0 Å².